The Labute approximate surface area is 528 Å². The Morgan fingerprint density at radius 3 is 1.12 bits per heavy atom. The number of hydrogen-bond donors (Lipinski definition) is 13. The van der Waals surface area contributed by atoms with Gasteiger partial charge >= 0.3 is 81.0 Å². The first kappa shape index (κ1) is 80.8. The van der Waals surface area contributed by atoms with Crippen molar-refractivity contribution in [2.45, 2.75) is 211 Å². The van der Waals surface area contributed by atoms with Gasteiger partial charge in [-0.1, -0.05) is 19.3 Å². The third-order valence-electron chi connectivity index (χ3n) is 17.2. The molecule has 0 aromatic heterocycles. The van der Waals surface area contributed by atoms with Crippen LogP contribution in [0.5, 0.6) is 0 Å². The van der Waals surface area contributed by atoms with Gasteiger partial charge in [0, 0.05) is 57.0 Å². The van der Waals surface area contributed by atoms with Gasteiger partial charge in [0.15, 0.2) is 0 Å². The molecule has 34 heteroatoms. The van der Waals surface area contributed by atoms with Crippen LogP contribution in [-0.4, -0.2) is 186 Å². The molecule has 0 bridgehead atoms. The van der Waals surface area contributed by atoms with Gasteiger partial charge in [0.05, 0.1) is 11.2 Å². The van der Waals surface area contributed by atoms with E-state index in [2.05, 4.69) is 5.32 Å². The van der Waals surface area contributed by atoms with Gasteiger partial charge in [-0.25, -0.2) is 9.59 Å². The van der Waals surface area contributed by atoms with E-state index in [0.717, 1.165) is 32.9 Å². The van der Waals surface area contributed by atoms with Crippen LogP contribution >= 0.6 is 0 Å². The van der Waals surface area contributed by atoms with Crippen molar-refractivity contribution >= 4 is 57.4 Å². The smallest absolute Gasteiger partial charge is 0.481 e. The summed E-state index contributed by atoms with van der Waals surface area (Å²) in [7, 11) is -3.00. The number of aliphatic carboxylic acids is 4. The number of amides is 2. The number of carbonyl (C=O) groups is 6. The molecule has 484 valence electrons. The molecule has 85 heavy (non-hydrogen) atoms. The van der Waals surface area contributed by atoms with Crippen LogP contribution in [0, 0.1) is 34.0 Å². The van der Waals surface area contributed by atoms with Gasteiger partial charge in [0.2, 0.25) is 0 Å². The summed E-state index contributed by atoms with van der Waals surface area (Å²) < 4.78 is 57.4. The number of halogens is 1. The van der Waals surface area contributed by atoms with Gasteiger partial charge in [0.25, 0.3) is 5.97 Å². The van der Waals surface area contributed by atoms with E-state index in [1.807, 2.05) is 48.5 Å². The molecule has 0 radical (unpaired) electrons. The Kier molecular flexibility index (Phi) is 29.2. The molecule has 4 saturated heterocycles. The van der Waals surface area contributed by atoms with Gasteiger partial charge in [-0.2, -0.15) is 0 Å². The van der Waals surface area contributed by atoms with E-state index in [9.17, 15) is 39.3 Å². The number of carboxylic acid groups (broad SMARTS) is 4. The maximum absolute atomic E-state index is 12.3. The van der Waals surface area contributed by atoms with Gasteiger partial charge in [-0.15, -0.1) is 0 Å². The molecule has 0 aromatic rings. The summed E-state index contributed by atoms with van der Waals surface area (Å²) >= 11 is -5.94. The zero-order valence-electron chi connectivity index (χ0n) is 51.8. The molecule has 18 N–H and O–H groups in total. The average molecular weight is 1340 g/mol. The normalized spacial score (nSPS) is 27.6. The SMILES string of the molecule is CC(=O)O.CC(C)(C)OC(=O)N1CC2(CC(CCCB(O)O)C(N)(C(=O)O)C2)C1.CC(C)(C)OC(=O)N1CC2(CC(CCCB3OC(C)(C)C(C)(C)O3)C(N)(C(=O)O)C2)C1.N.NC1(C(=O)O)CC2(CNC2)CC1CCCB(O)O.[Na+].[O-][I+3]([O-])([O-])[O-]. The zero-order valence-corrected chi connectivity index (χ0v) is 56.0. The number of nitrogens with one attached hydrogen (secondary N) is 1. The largest absolute Gasteiger partial charge is 1.00 e. The van der Waals surface area contributed by atoms with E-state index in [-0.39, 0.29) is 113 Å². The minimum atomic E-state index is -5.94. The van der Waals surface area contributed by atoms with Gasteiger partial charge < -0.3 is 97.8 Å². The van der Waals surface area contributed by atoms with Crippen LogP contribution in [0.1, 0.15) is 153 Å². The van der Waals surface area contributed by atoms with Crippen molar-refractivity contribution in [1.29, 1.82) is 0 Å². The van der Waals surface area contributed by atoms with Crippen LogP contribution in [0.2, 0.25) is 19.0 Å². The standard InChI is InChI=1S/C22H39BN2O6.C16H29BN2O6.C11H21BN2O4.C2H4O2.IO4.H3N.Na/c1-18(2,3)29-17(28)25-13-21(14-25)11-15(22(24,12-21)16(26)27)9-8-10-23-30-19(4,5)20(6,7)31-23;1-14(2,3)25-13(22)19-9-15(10-19)7-11(5-4-6-17(23)24)16(18,8-15)12(20)21;13-11(9(15)16)5-10(6-14-7-10)4-8(11)2-1-3-12(17)18;1-2(3)4;2-1(3,4)5;;/h15H,8-14,24H2,1-7H3,(H,26,27);11,23-24H,4-10,18H2,1-3H3,(H,20,21);8,14,17-18H,1-7,13H2,(H,15,16);1H3,(H,3,4);;1H3;/q;;;;-1;;+1. The molecule has 3 aliphatic carbocycles. The number of rotatable bonds is 15. The molecule has 0 aromatic carbocycles. The van der Waals surface area contributed by atoms with Crippen LogP contribution in [0.25, 0.3) is 0 Å². The van der Waals surface area contributed by atoms with Gasteiger partial charge in [0.1, 0.15) is 47.9 Å². The average Bonchev–Trinajstić information content (AvgIpc) is 3.25. The number of nitrogens with two attached hydrogens (primary N) is 3. The fraction of sp³-hybridized carbons (Fsp3) is 0.882. The minimum absolute atomic E-state index is 0. The number of carboxylic acids is 4. The van der Waals surface area contributed by atoms with Crippen molar-refractivity contribution in [3.05, 3.63) is 0 Å². The van der Waals surface area contributed by atoms with Crippen molar-refractivity contribution < 1.29 is 151 Å². The van der Waals surface area contributed by atoms with Crippen molar-refractivity contribution in [3.63, 3.8) is 0 Å². The maximum atomic E-state index is 12.3. The van der Waals surface area contributed by atoms with E-state index in [1.54, 1.807) is 30.6 Å². The zero-order chi connectivity index (χ0) is 64.0. The Morgan fingerprint density at radius 2 is 0.871 bits per heavy atom. The quantitative estimate of drug-likeness (QED) is 0.0535. The summed E-state index contributed by atoms with van der Waals surface area (Å²) in [5.74, 6) is -4.22. The van der Waals surface area contributed by atoms with Gasteiger partial charge in [-0.3, -0.25) is 32.9 Å². The Morgan fingerprint density at radius 1 is 0.600 bits per heavy atom. The van der Waals surface area contributed by atoms with Crippen LogP contribution < -0.4 is 92.1 Å². The number of hydrogen-bond acceptors (Lipinski definition) is 23. The summed E-state index contributed by atoms with van der Waals surface area (Å²) in [5.41, 5.74) is 12.7. The predicted octanol–water partition coefficient (Wildman–Crippen LogP) is -7.52. The topological polar surface area (TPSA) is 525 Å². The Balaban J connectivity index is 0.000000601. The monoisotopic (exact) mass is 1340 g/mol. The summed E-state index contributed by atoms with van der Waals surface area (Å²) in [6.45, 7) is 23.7. The summed E-state index contributed by atoms with van der Waals surface area (Å²) in [4.78, 5) is 71.9. The third kappa shape index (κ3) is 23.2. The van der Waals surface area contributed by atoms with Crippen molar-refractivity contribution in [2.75, 3.05) is 39.3 Å². The number of likely N-dealkylation sites (tertiary alicyclic amines) is 2. The van der Waals surface area contributed by atoms with E-state index < -0.39 is 86.0 Å². The summed E-state index contributed by atoms with van der Waals surface area (Å²) in [6, 6.07) is 0. The van der Waals surface area contributed by atoms with Gasteiger partial charge in [-0.05, 0) is 169 Å². The van der Waals surface area contributed by atoms with Crippen molar-refractivity contribution in [2.24, 2.45) is 51.2 Å². The fourth-order valence-electron chi connectivity index (χ4n) is 12.8. The molecule has 3 spiro atoms. The minimum Gasteiger partial charge on any atom is -0.481 e. The van der Waals surface area contributed by atoms with Crippen LogP contribution in [0.4, 0.5) is 9.59 Å². The molecule has 7 aliphatic rings. The molecule has 29 nitrogen and oxygen atoms in total. The van der Waals surface area contributed by atoms with Crippen molar-refractivity contribution in [3.8, 4) is 0 Å². The first-order valence-corrected chi connectivity index (χ1v) is 31.6. The molecule has 4 heterocycles. The van der Waals surface area contributed by atoms with Crippen LogP contribution in [0.15, 0.2) is 0 Å². The second kappa shape index (κ2) is 30.7. The molecule has 7 fully saturated rings. The summed E-state index contributed by atoms with van der Waals surface area (Å²) in [5, 5.41) is 75.0. The molecular formula is C51H96B3IN7NaO22. The second-order valence-corrected chi connectivity index (χ2v) is 29.5. The van der Waals surface area contributed by atoms with Crippen LogP contribution in [0.3, 0.4) is 0 Å². The first-order chi connectivity index (χ1) is 37.5. The van der Waals surface area contributed by atoms with E-state index >= 15 is 0 Å². The van der Waals surface area contributed by atoms with E-state index in [1.165, 1.54) is 0 Å². The fourth-order valence-corrected chi connectivity index (χ4v) is 12.8. The van der Waals surface area contributed by atoms with Crippen LogP contribution in [-0.2, 0) is 38.0 Å². The number of ether oxygens (including phenoxy) is 2. The first-order valence-electron chi connectivity index (χ1n) is 28.1. The Hall–Kier alpha value is -2.26. The Bertz CT molecular complexity index is 2220. The number of carbonyl (C=O) groups excluding carboxylic acids is 2. The molecular weight excluding hydrogens is 1240 g/mol. The number of nitrogens with zero attached hydrogens (tertiary/aromatic N) is 2. The van der Waals surface area contributed by atoms with E-state index in [4.69, 9.17) is 79.7 Å². The van der Waals surface area contributed by atoms with E-state index in [0.29, 0.717) is 96.7 Å². The molecule has 2 amide bonds. The molecule has 7 rings (SSSR count). The molecule has 6 atom stereocenters. The molecule has 6 unspecified atom stereocenters. The predicted molar refractivity (Wildman–Crippen MR) is 295 cm³/mol. The van der Waals surface area contributed by atoms with Crippen molar-refractivity contribution in [1.82, 2.24) is 21.3 Å². The maximum Gasteiger partial charge on any atom is 1.00 e. The molecule has 4 aliphatic heterocycles. The molecule has 3 saturated carbocycles. The third-order valence-corrected chi connectivity index (χ3v) is 17.2. The summed E-state index contributed by atoms with van der Waals surface area (Å²) in [6.07, 6.45) is 7.56. The second-order valence-electron chi connectivity index (χ2n) is 27.4.